The molecule has 0 aliphatic heterocycles. The summed E-state index contributed by atoms with van der Waals surface area (Å²) in [6.45, 7) is 2.14. The second-order valence-electron chi connectivity index (χ2n) is 4.15. The molecule has 1 heterocycles. The molecule has 0 aromatic carbocycles. The molecule has 1 N–H and O–H groups in total. The van der Waals surface area contributed by atoms with Crippen molar-refractivity contribution in [1.82, 2.24) is 0 Å². The minimum Gasteiger partial charge on any atom is -0.392 e. The maximum atomic E-state index is 10.0. The first-order valence-corrected chi connectivity index (χ1v) is 6.45. The molecule has 1 aromatic heterocycles. The zero-order valence-corrected chi connectivity index (χ0v) is 9.52. The molecule has 78 valence electrons. The van der Waals surface area contributed by atoms with E-state index in [1.165, 1.54) is 29.7 Å². The van der Waals surface area contributed by atoms with Gasteiger partial charge in [0.05, 0.1) is 6.10 Å². The minimum absolute atomic E-state index is 0.117. The molecule has 14 heavy (non-hydrogen) atoms. The monoisotopic (exact) mass is 210 g/mol. The topological polar surface area (TPSA) is 20.2 Å². The summed E-state index contributed by atoms with van der Waals surface area (Å²) in [6.07, 6.45) is 5.55. The van der Waals surface area contributed by atoms with Gasteiger partial charge in [0.15, 0.2) is 0 Å². The second kappa shape index (κ2) is 4.45. The van der Waals surface area contributed by atoms with Crippen molar-refractivity contribution in [3.63, 3.8) is 0 Å². The predicted octanol–water partition coefficient (Wildman–Crippen LogP) is 3.33. The molecule has 1 aliphatic carbocycles. The Morgan fingerprint density at radius 3 is 3.29 bits per heavy atom. The van der Waals surface area contributed by atoms with Crippen LogP contribution in [-0.2, 0) is 6.42 Å². The van der Waals surface area contributed by atoms with Gasteiger partial charge in [0.1, 0.15) is 0 Å². The van der Waals surface area contributed by atoms with Crippen molar-refractivity contribution in [3.05, 3.63) is 21.9 Å². The van der Waals surface area contributed by atoms with Gasteiger partial charge < -0.3 is 5.11 Å². The molecule has 0 amide bonds. The number of rotatable bonds is 3. The van der Waals surface area contributed by atoms with E-state index < -0.39 is 0 Å². The van der Waals surface area contributed by atoms with E-state index in [1.54, 1.807) is 0 Å². The zero-order chi connectivity index (χ0) is 9.97. The van der Waals surface area contributed by atoms with Crippen LogP contribution in [0.4, 0.5) is 0 Å². The van der Waals surface area contributed by atoms with Crippen LogP contribution in [0.5, 0.6) is 0 Å². The van der Waals surface area contributed by atoms with Crippen LogP contribution in [0.15, 0.2) is 11.4 Å². The van der Waals surface area contributed by atoms with Crippen LogP contribution in [0, 0.1) is 0 Å². The van der Waals surface area contributed by atoms with E-state index >= 15 is 0 Å². The van der Waals surface area contributed by atoms with Gasteiger partial charge >= 0.3 is 0 Å². The van der Waals surface area contributed by atoms with Crippen molar-refractivity contribution in [1.29, 1.82) is 0 Å². The molecule has 0 saturated heterocycles. The number of aliphatic hydroxyl groups excluding tert-OH is 1. The summed E-state index contributed by atoms with van der Waals surface area (Å²) in [5.41, 5.74) is 1.43. The molecule has 0 fully saturated rings. The first-order chi connectivity index (χ1) is 6.83. The Morgan fingerprint density at radius 1 is 1.64 bits per heavy atom. The van der Waals surface area contributed by atoms with Gasteiger partial charge in [-0.3, -0.25) is 0 Å². The normalized spacial score (nSPS) is 23.1. The van der Waals surface area contributed by atoms with E-state index in [-0.39, 0.29) is 6.10 Å². The molecule has 1 aliphatic rings. The molecule has 1 nitrogen and oxygen atoms in total. The highest BCUT2D eigenvalue weighted by Crippen LogP contribution is 2.37. The number of hydrogen-bond donors (Lipinski definition) is 1. The third kappa shape index (κ3) is 1.86. The lowest BCUT2D eigenvalue weighted by atomic mass is 9.82. The summed E-state index contributed by atoms with van der Waals surface area (Å²) in [5, 5.41) is 12.2. The lowest BCUT2D eigenvalue weighted by molar-refractivity contribution is 0.125. The first kappa shape index (κ1) is 10.2. The quantitative estimate of drug-likeness (QED) is 0.811. The van der Waals surface area contributed by atoms with Gasteiger partial charge in [-0.2, -0.15) is 0 Å². The molecule has 2 rings (SSSR count). The smallest absolute Gasteiger partial charge is 0.0609 e. The number of aryl methyl sites for hydroxylation is 1. The van der Waals surface area contributed by atoms with Crippen LogP contribution >= 0.6 is 11.3 Å². The average Bonchev–Trinajstić information content (AvgIpc) is 2.65. The van der Waals surface area contributed by atoms with Crippen molar-refractivity contribution >= 4 is 11.3 Å². The summed E-state index contributed by atoms with van der Waals surface area (Å²) >= 11 is 1.85. The summed E-state index contributed by atoms with van der Waals surface area (Å²) in [5.74, 6) is 0.421. The maximum Gasteiger partial charge on any atom is 0.0609 e. The van der Waals surface area contributed by atoms with Gasteiger partial charge in [-0.05, 0) is 42.7 Å². The van der Waals surface area contributed by atoms with E-state index in [1.807, 2.05) is 11.3 Å². The summed E-state index contributed by atoms with van der Waals surface area (Å²) < 4.78 is 0. The lowest BCUT2D eigenvalue weighted by Crippen LogP contribution is -2.21. The Morgan fingerprint density at radius 2 is 2.50 bits per heavy atom. The fourth-order valence-corrected chi connectivity index (χ4v) is 3.42. The van der Waals surface area contributed by atoms with Crippen molar-refractivity contribution in [3.8, 4) is 0 Å². The maximum absolute atomic E-state index is 10.0. The Kier molecular flexibility index (Phi) is 3.24. The minimum atomic E-state index is -0.117. The van der Waals surface area contributed by atoms with E-state index in [0.29, 0.717) is 5.92 Å². The van der Waals surface area contributed by atoms with E-state index in [4.69, 9.17) is 0 Å². The van der Waals surface area contributed by atoms with Crippen LogP contribution in [0.2, 0.25) is 0 Å². The first-order valence-electron chi connectivity index (χ1n) is 5.57. The Balaban J connectivity index is 2.15. The highest BCUT2D eigenvalue weighted by molar-refractivity contribution is 7.10. The average molecular weight is 210 g/mol. The van der Waals surface area contributed by atoms with Gasteiger partial charge in [0.2, 0.25) is 0 Å². The Hall–Kier alpha value is -0.340. The van der Waals surface area contributed by atoms with E-state index in [2.05, 4.69) is 18.4 Å². The molecule has 0 spiro atoms. The standard InChI is InChI=1S/C12H18OS/c1-2-4-11(13)9-5-3-6-12-10(9)7-8-14-12/h7-9,11,13H,2-6H2,1H3. The fraction of sp³-hybridized carbons (Fsp3) is 0.667. The summed E-state index contributed by atoms with van der Waals surface area (Å²) in [7, 11) is 0. The van der Waals surface area contributed by atoms with Gasteiger partial charge in [-0.1, -0.05) is 13.3 Å². The van der Waals surface area contributed by atoms with Gasteiger partial charge in [-0.25, -0.2) is 0 Å². The number of fused-ring (bicyclic) bond motifs is 1. The van der Waals surface area contributed by atoms with Crippen LogP contribution in [0.25, 0.3) is 0 Å². The molecular weight excluding hydrogens is 192 g/mol. The molecule has 2 atom stereocenters. The summed E-state index contributed by atoms with van der Waals surface area (Å²) in [6, 6.07) is 2.21. The van der Waals surface area contributed by atoms with Gasteiger partial charge in [-0.15, -0.1) is 11.3 Å². The van der Waals surface area contributed by atoms with Gasteiger partial charge in [0, 0.05) is 10.8 Å². The van der Waals surface area contributed by atoms with Crippen LogP contribution in [0.3, 0.4) is 0 Å². The van der Waals surface area contributed by atoms with Crippen molar-refractivity contribution in [2.75, 3.05) is 0 Å². The third-order valence-electron chi connectivity index (χ3n) is 3.15. The highest BCUT2D eigenvalue weighted by atomic mass is 32.1. The SMILES string of the molecule is CCCC(O)C1CCCc2sccc21. The van der Waals surface area contributed by atoms with Crippen LogP contribution in [-0.4, -0.2) is 11.2 Å². The molecular formula is C12H18OS. The molecule has 2 unspecified atom stereocenters. The van der Waals surface area contributed by atoms with E-state index in [0.717, 1.165) is 12.8 Å². The molecule has 0 radical (unpaired) electrons. The summed E-state index contributed by atoms with van der Waals surface area (Å²) in [4.78, 5) is 1.51. The van der Waals surface area contributed by atoms with Crippen LogP contribution < -0.4 is 0 Å². The molecule has 0 bridgehead atoms. The fourth-order valence-electron chi connectivity index (χ4n) is 2.42. The Bertz CT molecular complexity index is 292. The number of thiophene rings is 1. The largest absolute Gasteiger partial charge is 0.392 e. The number of hydrogen-bond acceptors (Lipinski definition) is 2. The van der Waals surface area contributed by atoms with Crippen molar-refractivity contribution in [2.24, 2.45) is 0 Å². The molecule has 0 saturated carbocycles. The number of aliphatic hydroxyl groups is 1. The molecule has 2 heteroatoms. The predicted molar refractivity (Wildman–Crippen MR) is 60.9 cm³/mol. The van der Waals surface area contributed by atoms with E-state index in [9.17, 15) is 5.11 Å². The highest BCUT2D eigenvalue weighted by Gasteiger charge is 2.26. The van der Waals surface area contributed by atoms with Gasteiger partial charge in [0.25, 0.3) is 0 Å². The molecule has 1 aromatic rings. The van der Waals surface area contributed by atoms with Crippen molar-refractivity contribution in [2.45, 2.75) is 51.0 Å². The van der Waals surface area contributed by atoms with Crippen LogP contribution in [0.1, 0.15) is 49.0 Å². The lowest BCUT2D eigenvalue weighted by Gasteiger charge is -2.27. The van der Waals surface area contributed by atoms with Crippen molar-refractivity contribution < 1.29 is 5.11 Å². The third-order valence-corrected chi connectivity index (χ3v) is 4.14. The Labute approximate surface area is 89.8 Å². The second-order valence-corrected chi connectivity index (χ2v) is 5.15. The zero-order valence-electron chi connectivity index (χ0n) is 8.70.